The average molecular weight is 332 g/mol. The third kappa shape index (κ3) is 3.48. The second-order valence-electron chi connectivity index (χ2n) is 4.30. The van der Waals surface area contributed by atoms with Crippen molar-refractivity contribution in [3.05, 3.63) is 34.1 Å². The molecule has 1 aromatic rings. The largest absolute Gasteiger partial charge is 0.351 e. The number of halogens is 2. The normalized spacial score (nSPS) is 19.6. The van der Waals surface area contributed by atoms with Gasteiger partial charge in [0.15, 0.2) is 0 Å². The standard InChI is InChI=1S/C13H15BrFNOS/c14-10-5-3-6-11(15)12(10)13(17)16-8-9-4-1-2-7-18-9/h3,5-6,9H,1-2,4,7-8H2,(H,16,17). The number of hydrogen-bond donors (Lipinski definition) is 1. The number of amides is 1. The highest BCUT2D eigenvalue weighted by Crippen LogP contribution is 2.25. The molecule has 1 unspecified atom stereocenters. The molecule has 0 radical (unpaired) electrons. The molecule has 1 fully saturated rings. The van der Waals surface area contributed by atoms with Crippen LogP contribution in [0.3, 0.4) is 0 Å². The van der Waals surface area contributed by atoms with E-state index in [2.05, 4.69) is 21.2 Å². The Bertz CT molecular complexity index is 415. The Hall–Kier alpha value is -0.550. The Labute approximate surface area is 119 Å². The van der Waals surface area contributed by atoms with Gasteiger partial charge in [-0.15, -0.1) is 0 Å². The van der Waals surface area contributed by atoms with Crippen LogP contribution in [0.25, 0.3) is 0 Å². The molecule has 5 heteroatoms. The van der Waals surface area contributed by atoms with Crippen molar-refractivity contribution >= 4 is 33.6 Å². The van der Waals surface area contributed by atoms with Crippen molar-refractivity contribution in [2.24, 2.45) is 0 Å². The van der Waals surface area contributed by atoms with Crippen LogP contribution >= 0.6 is 27.7 Å². The average Bonchev–Trinajstić information content (AvgIpc) is 2.37. The zero-order chi connectivity index (χ0) is 13.0. The molecule has 1 N–H and O–H groups in total. The number of rotatable bonds is 3. The number of thioether (sulfide) groups is 1. The lowest BCUT2D eigenvalue weighted by atomic mass is 10.1. The maximum atomic E-state index is 13.6. The van der Waals surface area contributed by atoms with E-state index in [0.29, 0.717) is 16.3 Å². The van der Waals surface area contributed by atoms with E-state index in [0.717, 1.165) is 12.2 Å². The molecule has 0 spiro atoms. The Morgan fingerprint density at radius 2 is 2.33 bits per heavy atom. The van der Waals surface area contributed by atoms with Crippen LogP contribution in [0.4, 0.5) is 4.39 Å². The zero-order valence-corrected chi connectivity index (χ0v) is 12.3. The highest BCUT2D eigenvalue weighted by Gasteiger charge is 2.18. The van der Waals surface area contributed by atoms with Crippen LogP contribution in [-0.2, 0) is 0 Å². The zero-order valence-electron chi connectivity index (χ0n) is 9.92. The molecule has 0 saturated carbocycles. The summed E-state index contributed by atoms with van der Waals surface area (Å²) in [4.78, 5) is 11.9. The maximum absolute atomic E-state index is 13.6. The van der Waals surface area contributed by atoms with Gasteiger partial charge in [0, 0.05) is 16.3 Å². The van der Waals surface area contributed by atoms with Gasteiger partial charge in [0.2, 0.25) is 0 Å². The van der Waals surface area contributed by atoms with Crippen LogP contribution in [0, 0.1) is 5.82 Å². The quantitative estimate of drug-likeness (QED) is 0.916. The molecule has 1 atom stereocenters. The van der Waals surface area contributed by atoms with Gasteiger partial charge in [-0.1, -0.05) is 12.5 Å². The first kappa shape index (κ1) is 13.9. The van der Waals surface area contributed by atoms with Gasteiger partial charge in [-0.3, -0.25) is 4.79 Å². The van der Waals surface area contributed by atoms with E-state index in [4.69, 9.17) is 0 Å². The summed E-state index contributed by atoms with van der Waals surface area (Å²) in [5, 5.41) is 3.29. The molecule has 18 heavy (non-hydrogen) atoms. The molecule has 2 nitrogen and oxygen atoms in total. The minimum absolute atomic E-state index is 0.0957. The van der Waals surface area contributed by atoms with E-state index in [9.17, 15) is 9.18 Å². The Morgan fingerprint density at radius 3 is 3.00 bits per heavy atom. The summed E-state index contributed by atoms with van der Waals surface area (Å²) >= 11 is 5.10. The minimum Gasteiger partial charge on any atom is -0.351 e. The molecule has 98 valence electrons. The van der Waals surface area contributed by atoms with E-state index in [-0.39, 0.29) is 11.5 Å². The van der Waals surface area contributed by atoms with E-state index in [1.165, 1.54) is 18.9 Å². The second-order valence-corrected chi connectivity index (χ2v) is 6.56. The van der Waals surface area contributed by atoms with Crippen molar-refractivity contribution in [3.8, 4) is 0 Å². The smallest absolute Gasteiger partial charge is 0.255 e. The summed E-state index contributed by atoms with van der Waals surface area (Å²) < 4.78 is 14.1. The molecular weight excluding hydrogens is 317 g/mol. The van der Waals surface area contributed by atoms with Crippen LogP contribution < -0.4 is 5.32 Å². The van der Waals surface area contributed by atoms with Crippen molar-refractivity contribution in [2.75, 3.05) is 12.3 Å². The lowest BCUT2D eigenvalue weighted by molar-refractivity contribution is 0.0948. The molecular formula is C13H15BrFNOS. The van der Waals surface area contributed by atoms with Gasteiger partial charge in [-0.25, -0.2) is 4.39 Å². The van der Waals surface area contributed by atoms with Crippen LogP contribution in [0.15, 0.2) is 22.7 Å². The Kier molecular flexibility index (Phi) is 5.06. The molecule has 0 aliphatic carbocycles. The molecule has 1 aliphatic rings. The third-order valence-corrected chi connectivity index (χ3v) is 5.01. The van der Waals surface area contributed by atoms with Gasteiger partial charge in [0.25, 0.3) is 5.91 Å². The predicted molar refractivity (Wildman–Crippen MR) is 76.5 cm³/mol. The van der Waals surface area contributed by atoms with E-state index >= 15 is 0 Å². The highest BCUT2D eigenvalue weighted by atomic mass is 79.9. The molecule has 1 amide bonds. The number of carbonyl (C=O) groups excluding carboxylic acids is 1. The van der Waals surface area contributed by atoms with Crippen molar-refractivity contribution in [1.29, 1.82) is 0 Å². The van der Waals surface area contributed by atoms with E-state index in [1.54, 1.807) is 12.1 Å². The number of carbonyl (C=O) groups is 1. The first-order valence-electron chi connectivity index (χ1n) is 6.02. The first-order chi connectivity index (χ1) is 8.68. The molecule has 1 heterocycles. The Morgan fingerprint density at radius 1 is 1.50 bits per heavy atom. The number of benzene rings is 1. The lowest BCUT2D eigenvalue weighted by Gasteiger charge is -2.21. The van der Waals surface area contributed by atoms with Gasteiger partial charge in [0.05, 0.1) is 5.56 Å². The summed E-state index contributed by atoms with van der Waals surface area (Å²) in [5.41, 5.74) is 0.0957. The van der Waals surface area contributed by atoms with Gasteiger partial charge >= 0.3 is 0 Å². The van der Waals surface area contributed by atoms with Gasteiger partial charge in [0.1, 0.15) is 5.82 Å². The van der Waals surface area contributed by atoms with Crippen LogP contribution in [-0.4, -0.2) is 23.5 Å². The van der Waals surface area contributed by atoms with Crippen molar-refractivity contribution < 1.29 is 9.18 Å². The topological polar surface area (TPSA) is 29.1 Å². The third-order valence-electron chi connectivity index (χ3n) is 2.95. The highest BCUT2D eigenvalue weighted by molar-refractivity contribution is 9.10. The fourth-order valence-corrected chi connectivity index (χ4v) is 3.74. The predicted octanol–water partition coefficient (Wildman–Crippen LogP) is 3.60. The summed E-state index contributed by atoms with van der Waals surface area (Å²) in [7, 11) is 0. The molecule has 0 bridgehead atoms. The van der Waals surface area contributed by atoms with Gasteiger partial charge in [-0.2, -0.15) is 11.8 Å². The molecule has 2 rings (SSSR count). The summed E-state index contributed by atoms with van der Waals surface area (Å²) in [5.74, 6) is 0.327. The fraction of sp³-hybridized carbons (Fsp3) is 0.462. The second kappa shape index (κ2) is 6.57. The van der Waals surface area contributed by atoms with E-state index < -0.39 is 5.82 Å². The summed E-state index contributed by atoms with van der Waals surface area (Å²) in [6.07, 6.45) is 3.61. The van der Waals surface area contributed by atoms with Crippen molar-refractivity contribution in [2.45, 2.75) is 24.5 Å². The van der Waals surface area contributed by atoms with Gasteiger partial charge in [-0.05, 0) is 46.7 Å². The first-order valence-corrected chi connectivity index (χ1v) is 7.86. The Balaban J connectivity index is 1.95. The van der Waals surface area contributed by atoms with Crippen molar-refractivity contribution in [3.63, 3.8) is 0 Å². The monoisotopic (exact) mass is 331 g/mol. The van der Waals surface area contributed by atoms with Crippen LogP contribution in [0.2, 0.25) is 0 Å². The van der Waals surface area contributed by atoms with Crippen LogP contribution in [0.1, 0.15) is 29.6 Å². The number of nitrogens with one attached hydrogen (secondary N) is 1. The van der Waals surface area contributed by atoms with Gasteiger partial charge < -0.3 is 5.32 Å². The SMILES string of the molecule is O=C(NCC1CCCCS1)c1c(F)cccc1Br. The molecule has 1 aliphatic heterocycles. The van der Waals surface area contributed by atoms with Crippen LogP contribution in [0.5, 0.6) is 0 Å². The number of hydrogen-bond acceptors (Lipinski definition) is 2. The van der Waals surface area contributed by atoms with E-state index in [1.807, 2.05) is 11.8 Å². The molecule has 1 saturated heterocycles. The fourth-order valence-electron chi connectivity index (χ4n) is 1.98. The maximum Gasteiger partial charge on any atom is 0.255 e. The molecule has 0 aromatic heterocycles. The summed E-state index contributed by atoms with van der Waals surface area (Å²) in [6, 6.07) is 4.55. The summed E-state index contributed by atoms with van der Waals surface area (Å²) in [6.45, 7) is 0.615. The van der Waals surface area contributed by atoms with Crippen molar-refractivity contribution in [1.82, 2.24) is 5.32 Å². The minimum atomic E-state index is -0.488. The molecule has 1 aromatic carbocycles. The lowest BCUT2D eigenvalue weighted by Crippen LogP contribution is -2.32.